The number of ether oxygens (including phenoxy) is 1. The monoisotopic (exact) mass is 403 g/mol. The molecule has 0 saturated carbocycles. The third-order valence-electron chi connectivity index (χ3n) is 4.59. The highest BCUT2D eigenvalue weighted by atomic mass is 35.5. The Bertz CT molecular complexity index is 833. The molecule has 0 saturated heterocycles. The van der Waals surface area contributed by atoms with E-state index < -0.39 is 10.8 Å². The summed E-state index contributed by atoms with van der Waals surface area (Å²) in [7, 11) is 0. The molecule has 1 aromatic carbocycles. The van der Waals surface area contributed by atoms with Gasteiger partial charge in [-0.25, -0.2) is 4.57 Å². The van der Waals surface area contributed by atoms with Crippen LogP contribution in [0.5, 0.6) is 0 Å². The predicted molar refractivity (Wildman–Crippen MR) is 106 cm³/mol. The summed E-state index contributed by atoms with van der Waals surface area (Å²) in [6.45, 7) is 8.03. The molecule has 7 heteroatoms. The Morgan fingerprint density at radius 1 is 1.32 bits per heavy atom. The molecule has 0 amide bonds. The van der Waals surface area contributed by atoms with Crippen molar-refractivity contribution in [2.75, 3.05) is 0 Å². The van der Waals surface area contributed by atoms with Gasteiger partial charge in [0.2, 0.25) is 13.1 Å². The predicted octanol–water partition coefficient (Wildman–Crippen LogP) is 4.02. The summed E-state index contributed by atoms with van der Waals surface area (Å²) >= 11 is 6.02. The summed E-state index contributed by atoms with van der Waals surface area (Å²) in [6.07, 6.45) is 6.00. The van der Waals surface area contributed by atoms with E-state index in [0.29, 0.717) is 11.6 Å². The number of benzene rings is 1. The van der Waals surface area contributed by atoms with Gasteiger partial charge in [-0.05, 0) is 44.9 Å². The van der Waals surface area contributed by atoms with Gasteiger partial charge in [-0.15, -0.1) is 4.68 Å². The van der Waals surface area contributed by atoms with Crippen LogP contribution in [0.4, 0.5) is 0 Å². The van der Waals surface area contributed by atoms with Crippen molar-refractivity contribution in [3.63, 3.8) is 0 Å². The Kier molecular flexibility index (Phi) is 7.20. The number of carbonyl (C=O) groups is 1. The van der Waals surface area contributed by atoms with Crippen molar-refractivity contribution in [3.8, 4) is 6.07 Å². The van der Waals surface area contributed by atoms with E-state index in [1.54, 1.807) is 21.9 Å². The van der Waals surface area contributed by atoms with Crippen LogP contribution in [0.3, 0.4) is 0 Å². The first-order valence-corrected chi connectivity index (χ1v) is 9.84. The number of halogens is 1. The molecule has 0 aliphatic rings. The maximum absolute atomic E-state index is 11.9. The molecule has 0 aliphatic carbocycles. The van der Waals surface area contributed by atoms with Gasteiger partial charge in [-0.1, -0.05) is 43.5 Å². The van der Waals surface area contributed by atoms with Crippen molar-refractivity contribution < 1.29 is 14.1 Å². The minimum atomic E-state index is -0.702. The minimum Gasteiger partial charge on any atom is -0.431 e. The van der Waals surface area contributed by atoms with Crippen LogP contribution >= 0.6 is 11.6 Å². The van der Waals surface area contributed by atoms with E-state index in [0.717, 1.165) is 24.8 Å². The molecule has 1 unspecified atom stereocenters. The number of unbranched alkanes of at least 4 members (excludes halogenated alkanes) is 1. The average Bonchev–Trinajstić information content (AvgIpc) is 3.10. The van der Waals surface area contributed by atoms with Gasteiger partial charge < -0.3 is 4.74 Å². The highest BCUT2D eigenvalue weighted by Crippen LogP contribution is 2.32. The van der Waals surface area contributed by atoms with Gasteiger partial charge >= 0.3 is 5.97 Å². The summed E-state index contributed by atoms with van der Waals surface area (Å²) in [4.78, 5) is 11.9. The number of aromatic nitrogens is 3. The van der Waals surface area contributed by atoms with Crippen molar-refractivity contribution >= 4 is 17.6 Å². The van der Waals surface area contributed by atoms with Gasteiger partial charge in [0.1, 0.15) is 12.0 Å². The van der Waals surface area contributed by atoms with Crippen molar-refractivity contribution in [3.05, 3.63) is 47.5 Å². The van der Waals surface area contributed by atoms with E-state index >= 15 is 0 Å². The zero-order valence-corrected chi connectivity index (χ0v) is 17.7. The minimum absolute atomic E-state index is 0.0889. The number of nitrogens with zero attached hydrogens (tertiary/aromatic N) is 4. The first-order chi connectivity index (χ1) is 13.2. The van der Waals surface area contributed by atoms with E-state index in [4.69, 9.17) is 16.3 Å². The van der Waals surface area contributed by atoms with E-state index in [2.05, 4.69) is 18.1 Å². The molecule has 2 aromatic rings. The van der Waals surface area contributed by atoms with Crippen LogP contribution in [0.2, 0.25) is 5.02 Å². The normalized spacial score (nSPS) is 13.6. The fourth-order valence-electron chi connectivity index (χ4n) is 2.86. The van der Waals surface area contributed by atoms with Crippen molar-refractivity contribution in [2.45, 2.75) is 65.6 Å². The van der Waals surface area contributed by atoms with Crippen LogP contribution < -0.4 is 4.57 Å². The maximum atomic E-state index is 11.9. The van der Waals surface area contributed by atoms with Crippen molar-refractivity contribution in [1.29, 1.82) is 5.26 Å². The largest absolute Gasteiger partial charge is 0.431 e. The third-order valence-corrected chi connectivity index (χ3v) is 4.84. The Balaban J connectivity index is 2.19. The Morgan fingerprint density at radius 2 is 2.00 bits per heavy atom. The summed E-state index contributed by atoms with van der Waals surface area (Å²) in [6, 6.07) is 9.95. The van der Waals surface area contributed by atoms with Gasteiger partial charge in [0, 0.05) is 10.1 Å². The smallest absolute Gasteiger partial charge is 0.313 e. The molecule has 1 heterocycles. The second-order valence-corrected chi connectivity index (χ2v) is 8.51. The standard InChI is InChI=1S/C21H28ClN4O2/c1-5-6-11-21(12-23,17-7-9-18(22)10-8-17)13-26-15-25(14-24-26)16-28-19(27)20(2,3)4/h7-10,14-15H,5-6,11,13,16H2,1-4H3/q+1. The Morgan fingerprint density at radius 3 is 2.57 bits per heavy atom. The molecule has 0 spiro atoms. The zero-order valence-electron chi connectivity index (χ0n) is 17.0. The number of esters is 1. The maximum Gasteiger partial charge on any atom is 0.313 e. The van der Waals surface area contributed by atoms with Gasteiger partial charge in [0.05, 0.1) is 11.5 Å². The third kappa shape index (κ3) is 5.56. The topological polar surface area (TPSA) is 71.8 Å². The van der Waals surface area contributed by atoms with Crippen LogP contribution in [0.25, 0.3) is 0 Å². The molecule has 0 bridgehead atoms. The number of carbonyl (C=O) groups excluding carboxylic acids is 1. The number of rotatable bonds is 8. The molecular weight excluding hydrogens is 376 g/mol. The van der Waals surface area contributed by atoms with Crippen LogP contribution in [0, 0.1) is 16.7 Å². The van der Waals surface area contributed by atoms with E-state index in [1.807, 2.05) is 45.0 Å². The van der Waals surface area contributed by atoms with Crippen LogP contribution in [0.1, 0.15) is 52.5 Å². The molecule has 28 heavy (non-hydrogen) atoms. The van der Waals surface area contributed by atoms with E-state index in [9.17, 15) is 10.1 Å². The fourth-order valence-corrected chi connectivity index (χ4v) is 2.98. The molecule has 0 N–H and O–H groups in total. The first-order valence-electron chi connectivity index (χ1n) is 9.46. The molecule has 6 nitrogen and oxygen atoms in total. The highest BCUT2D eigenvalue weighted by molar-refractivity contribution is 6.30. The van der Waals surface area contributed by atoms with Crippen molar-refractivity contribution in [1.82, 2.24) is 9.78 Å². The van der Waals surface area contributed by atoms with E-state index in [-0.39, 0.29) is 12.7 Å². The number of hydrogen-bond donors (Lipinski definition) is 0. The quantitative estimate of drug-likeness (QED) is 0.493. The summed E-state index contributed by atoms with van der Waals surface area (Å²) < 4.78 is 8.72. The van der Waals surface area contributed by atoms with Gasteiger partial charge in [0.25, 0.3) is 6.33 Å². The second kappa shape index (κ2) is 9.20. The lowest BCUT2D eigenvalue weighted by atomic mass is 9.77. The van der Waals surface area contributed by atoms with Crippen molar-refractivity contribution in [2.24, 2.45) is 5.41 Å². The Hall–Kier alpha value is -2.39. The SMILES string of the molecule is CCCCC(C#N)(Cn1c[n+](COC(=O)C(C)(C)C)cn1)c1ccc(Cl)cc1. The lowest BCUT2D eigenvalue weighted by Crippen LogP contribution is -2.37. The lowest BCUT2D eigenvalue weighted by Gasteiger charge is -2.24. The van der Waals surface area contributed by atoms with Gasteiger partial charge in [-0.3, -0.25) is 4.79 Å². The average molecular weight is 404 g/mol. The Labute approximate surface area is 171 Å². The van der Waals surface area contributed by atoms with Gasteiger partial charge in [0.15, 0.2) is 0 Å². The van der Waals surface area contributed by atoms with Crippen LogP contribution in [-0.2, 0) is 28.2 Å². The first kappa shape index (κ1) is 21.9. The molecule has 150 valence electrons. The molecule has 0 aliphatic heterocycles. The zero-order chi connectivity index (χ0) is 20.8. The number of nitriles is 1. The van der Waals surface area contributed by atoms with Crippen LogP contribution in [0.15, 0.2) is 36.9 Å². The lowest BCUT2D eigenvalue weighted by molar-refractivity contribution is -0.728. The summed E-state index contributed by atoms with van der Waals surface area (Å²) in [5.41, 5.74) is -0.331. The van der Waals surface area contributed by atoms with Gasteiger partial charge in [-0.2, -0.15) is 5.26 Å². The second-order valence-electron chi connectivity index (χ2n) is 8.07. The van der Waals surface area contributed by atoms with Crippen LogP contribution in [-0.4, -0.2) is 15.7 Å². The molecular formula is C21H28ClN4O2+. The van der Waals surface area contributed by atoms with E-state index in [1.165, 1.54) is 0 Å². The summed E-state index contributed by atoms with van der Waals surface area (Å²) in [5, 5.41) is 15.1. The molecule has 0 fully saturated rings. The molecule has 0 radical (unpaired) electrons. The molecule has 2 rings (SSSR count). The number of hydrogen-bond acceptors (Lipinski definition) is 4. The molecule has 1 aromatic heterocycles. The fraction of sp³-hybridized carbons (Fsp3) is 0.524. The highest BCUT2D eigenvalue weighted by Gasteiger charge is 2.35. The summed E-state index contributed by atoms with van der Waals surface area (Å²) in [5.74, 6) is -0.275. The molecule has 1 atom stereocenters.